The molecule has 0 saturated heterocycles. The van der Waals surface area contributed by atoms with Gasteiger partial charge in [0.1, 0.15) is 5.82 Å². The fraction of sp³-hybridized carbons (Fsp3) is 0.158. The van der Waals surface area contributed by atoms with Crippen LogP contribution in [0, 0.1) is 5.82 Å². The average molecular weight is 420 g/mol. The highest BCUT2D eigenvalue weighted by Crippen LogP contribution is 2.14. The molecule has 3 aromatic rings. The lowest BCUT2D eigenvalue weighted by Gasteiger charge is -2.15. The molecule has 28 heavy (non-hydrogen) atoms. The fourth-order valence-electron chi connectivity index (χ4n) is 2.49. The van der Waals surface area contributed by atoms with Crippen molar-refractivity contribution in [3.05, 3.63) is 82.4 Å². The van der Waals surface area contributed by atoms with E-state index in [0.29, 0.717) is 11.3 Å². The van der Waals surface area contributed by atoms with Crippen molar-refractivity contribution >= 4 is 27.3 Å². The topological polar surface area (TPSA) is 71.7 Å². The molecule has 9 heteroatoms. The highest BCUT2D eigenvalue weighted by molar-refractivity contribution is 7.89. The van der Waals surface area contributed by atoms with Crippen LogP contribution in [0.3, 0.4) is 0 Å². The Morgan fingerprint density at radius 3 is 2.50 bits per heavy atom. The first-order valence-electron chi connectivity index (χ1n) is 8.33. The molecule has 3 rings (SSSR count). The van der Waals surface area contributed by atoms with Crippen molar-refractivity contribution in [2.75, 3.05) is 13.6 Å². The van der Waals surface area contributed by atoms with Crippen molar-refractivity contribution in [3.63, 3.8) is 0 Å². The lowest BCUT2D eigenvalue weighted by atomic mass is 10.2. The number of benzene rings is 2. The minimum atomic E-state index is -3.91. The van der Waals surface area contributed by atoms with Gasteiger partial charge in [-0.3, -0.25) is 4.79 Å². The van der Waals surface area contributed by atoms with Gasteiger partial charge in [0.25, 0.3) is 5.91 Å². The Labute approximate surface area is 166 Å². The molecule has 1 aromatic heterocycles. The molecule has 0 fully saturated rings. The van der Waals surface area contributed by atoms with E-state index in [1.807, 2.05) is 46.5 Å². The normalized spacial score (nSPS) is 12.5. The van der Waals surface area contributed by atoms with Gasteiger partial charge >= 0.3 is 0 Å². The van der Waals surface area contributed by atoms with E-state index < -0.39 is 28.3 Å². The molecule has 0 radical (unpaired) electrons. The van der Waals surface area contributed by atoms with Crippen LogP contribution in [0.15, 0.2) is 76.1 Å². The van der Waals surface area contributed by atoms with Crippen LogP contribution >= 0.6 is 11.3 Å². The number of hydrogen-bond acceptors (Lipinski definition) is 4. The number of amides is 1. The summed E-state index contributed by atoms with van der Waals surface area (Å²) < 4.78 is 40.7. The van der Waals surface area contributed by atoms with E-state index in [1.54, 1.807) is 0 Å². The monoisotopic (exact) mass is 419 g/mol. The predicted molar refractivity (Wildman–Crippen MR) is 105 cm³/mol. The summed E-state index contributed by atoms with van der Waals surface area (Å²) in [5.74, 6) is -1.12. The lowest BCUT2D eigenvalue weighted by Crippen LogP contribution is -2.32. The van der Waals surface area contributed by atoms with E-state index in [-0.39, 0.29) is 4.90 Å². The van der Waals surface area contributed by atoms with Crippen LogP contribution in [0.2, 0.25) is 0 Å². The van der Waals surface area contributed by atoms with E-state index in [4.69, 9.17) is 0 Å². The first-order chi connectivity index (χ1) is 13.4. The Morgan fingerprint density at radius 2 is 1.82 bits per heavy atom. The van der Waals surface area contributed by atoms with Gasteiger partial charge in [0.15, 0.2) is 4.80 Å². The molecule has 1 amide bonds. The number of sulfonamides is 1. The maximum atomic E-state index is 13.0. The summed E-state index contributed by atoms with van der Waals surface area (Å²) in [5.41, 5.74) is 1.06. The van der Waals surface area contributed by atoms with Gasteiger partial charge in [-0.05, 0) is 29.8 Å². The molecule has 6 nitrogen and oxygen atoms in total. The van der Waals surface area contributed by atoms with Gasteiger partial charge in [-0.25, -0.2) is 12.8 Å². The van der Waals surface area contributed by atoms with Gasteiger partial charge in [-0.2, -0.15) is 9.30 Å². The molecule has 0 saturated carbocycles. The highest BCUT2D eigenvalue weighted by Gasteiger charge is 2.22. The summed E-state index contributed by atoms with van der Waals surface area (Å²) in [7, 11) is -2.62. The first kappa shape index (κ1) is 20.1. The van der Waals surface area contributed by atoms with E-state index in [1.165, 1.54) is 18.4 Å². The molecule has 0 atom stereocenters. The number of aromatic nitrogens is 1. The molecular weight excluding hydrogens is 401 g/mol. The number of rotatable bonds is 6. The van der Waals surface area contributed by atoms with Gasteiger partial charge in [-0.1, -0.05) is 30.3 Å². The fourth-order valence-corrected chi connectivity index (χ4v) is 4.36. The third-order valence-corrected chi connectivity index (χ3v) is 6.57. The third kappa shape index (κ3) is 4.80. The predicted octanol–water partition coefficient (Wildman–Crippen LogP) is 2.49. The van der Waals surface area contributed by atoms with Crippen molar-refractivity contribution in [1.29, 1.82) is 0 Å². The molecule has 0 unspecified atom stereocenters. The summed E-state index contributed by atoms with van der Waals surface area (Å²) >= 11 is 1.30. The Kier molecular flexibility index (Phi) is 6.18. The van der Waals surface area contributed by atoms with Gasteiger partial charge in [0.2, 0.25) is 10.0 Å². The molecule has 0 aliphatic rings. The molecule has 146 valence electrons. The Bertz CT molecular complexity index is 1120. The number of halogens is 1. The molecule has 0 bridgehead atoms. The summed E-state index contributed by atoms with van der Waals surface area (Å²) in [6, 6.07) is 14.2. The summed E-state index contributed by atoms with van der Waals surface area (Å²) in [5, 5.41) is 1.81. The van der Waals surface area contributed by atoms with Gasteiger partial charge in [0, 0.05) is 25.2 Å². The maximum absolute atomic E-state index is 13.0. The Balaban J connectivity index is 1.75. The molecule has 0 N–H and O–H groups in total. The Hall–Kier alpha value is -2.62. The molecular formula is C19H18FN3O3S2. The van der Waals surface area contributed by atoms with Crippen molar-refractivity contribution in [1.82, 2.24) is 8.87 Å². The third-order valence-electron chi connectivity index (χ3n) is 3.96. The molecule has 2 aromatic carbocycles. The van der Waals surface area contributed by atoms with E-state index >= 15 is 0 Å². The molecule has 0 spiro atoms. The van der Waals surface area contributed by atoms with Crippen LogP contribution in [-0.4, -0.2) is 36.8 Å². The zero-order chi connectivity index (χ0) is 20.1. The van der Waals surface area contributed by atoms with Gasteiger partial charge in [0.05, 0.1) is 11.4 Å². The van der Waals surface area contributed by atoms with Crippen molar-refractivity contribution in [2.45, 2.75) is 11.4 Å². The number of likely N-dealkylation sites (N-methyl/N-ethyl adjacent to an activating group) is 1. The number of nitrogens with zero attached hydrogens (tertiary/aromatic N) is 3. The van der Waals surface area contributed by atoms with Crippen LogP contribution in [0.4, 0.5) is 4.39 Å². The zero-order valence-electron chi connectivity index (χ0n) is 15.0. The second-order valence-electron chi connectivity index (χ2n) is 6.02. The highest BCUT2D eigenvalue weighted by atomic mass is 32.2. The van der Waals surface area contributed by atoms with Crippen LogP contribution in [-0.2, 0) is 21.4 Å². The molecule has 1 heterocycles. The lowest BCUT2D eigenvalue weighted by molar-refractivity contribution is -0.118. The standard InChI is InChI=1S/C19H18FN3O3S2/c1-22(28(25,26)17-9-7-16(20)8-10-17)14-18(24)21-19-23(11-12-27-19)13-15-5-3-2-4-6-15/h2-12H,13-14H2,1H3. The van der Waals surface area contributed by atoms with E-state index in [2.05, 4.69) is 4.99 Å². The second kappa shape index (κ2) is 8.59. The summed E-state index contributed by atoms with van der Waals surface area (Å²) in [6.07, 6.45) is 1.82. The number of carbonyl (C=O) groups excluding carboxylic acids is 1. The smallest absolute Gasteiger partial charge is 0.263 e. The van der Waals surface area contributed by atoms with Crippen LogP contribution in [0.5, 0.6) is 0 Å². The number of hydrogen-bond donors (Lipinski definition) is 0. The maximum Gasteiger partial charge on any atom is 0.263 e. The number of carbonyl (C=O) groups is 1. The molecule has 0 aliphatic heterocycles. The zero-order valence-corrected chi connectivity index (χ0v) is 16.7. The minimum Gasteiger partial charge on any atom is -0.319 e. The van der Waals surface area contributed by atoms with Gasteiger partial charge in [-0.15, -0.1) is 11.3 Å². The second-order valence-corrected chi connectivity index (χ2v) is 8.94. The van der Waals surface area contributed by atoms with Crippen LogP contribution in [0.1, 0.15) is 5.56 Å². The van der Waals surface area contributed by atoms with E-state index in [0.717, 1.165) is 34.1 Å². The summed E-state index contributed by atoms with van der Waals surface area (Å²) in [6.45, 7) is 0.142. The van der Waals surface area contributed by atoms with Crippen LogP contribution < -0.4 is 4.80 Å². The molecule has 0 aliphatic carbocycles. The summed E-state index contributed by atoms with van der Waals surface area (Å²) in [4.78, 5) is 16.8. The van der Waals surface area contributed by atoms with Crippen molar-refractivity contribution in [3.8, 4) is 0 Å². The quantitative estimate of drug-likeness (QED) is 0.616. The number of thiazole rings is 1. The van der Waals surface area contributed by atoms with Gasteiger partial charge < -0.3 is 4.57 Å². The largest absolute Gasteiger partial charge is 0.319 e. The minimum absolute atomic E-state index is 0.0838. The average Bonchev–Trinajstić information content (AvgIpc) is 3.09. The van der Waals surface area contributed by atoms with Crippen LogP contribution in [0.25, 0.3) is 0 Å². The van der Waals surface area contributed by atoms with E-state index in [9.17, 15) is 17.6 Å². The first-order valence-corrected chi connectivity index (χ1v) is 10.7. The van der Waals surface area contributed by atoms with Crippen molar-refractivity contribution < 1.29 is 17.6 Å². The Morgan fingerprint density at radius 1 is 1.14 bits per heavy atom. The SMILES string of the molecule is CN(CC(=O)N=c1sccn1Cc1ccccc1)S(=O)(=O)c1ccc(F)cc1. The van der Waals surface area contributed by atoms with Crippen molar-refractivity contribution in [2.24, 2.45) is 4.99 Å².